The van der Waals surface area contributed by atoms with E-state index >= 15 is 0 Å². The van der Waals surface area contributed by atoms with E-state index < -0.39 is 0 Å². The Kier molecular flexibility index (Phi) is 4.18. The number of nitrogens with one attached hydrogen (secondary N) is 1. The molecule has 0 spiro atoms. The highest BCUT2D eigenvalue weighted by atomic mass is 79.9. The molecule has 2 rings (SSSR count). The summed E-state index contributed by atoms with van der Waals surface area (Å²) in [5.74, 6) is 7.37. The number of methoxy groups -OCH3 is 1. The quantitative estimate of drug-likeness (QED) is 0.664. The van der Waals surface area contributed by atoms with Gasteiger partial charge in [-0.3, -0.25) is 0 Å². The van der Waals surface area contributed by atoms with Gasteiger partial charge in [-0.2, -0.15) is 0 Å². The van der Waals surface area contributed by atoms with Crippen molar-refractivity contribution in [2.75, 3.05) is 24.5 Å². The maximum Gasteiger partial charge on any atom is 0.159 e. The molecule has 0 aliphatic rings. The van der Waals surface area contributed by atoms with E-state index in [1.54, 1.807) is 7.11 Å². The van der Waals surface area contributed by atoms with Gasteiger partial charge >= 0.3 is 0 Å². The zero-order chi connectivity index (χ0) is 13.8. The number of rotatable bonds is 4. The second kappa shape index (κ2) is 5.85. The normalized spacial score (nSPS) is 10.1. The summed E-state index contributed by atoms with van der Waals surface area (Å²) >= 11 is 3.44. The standard InChI is InChI=1S/C12H14BrN5O/c1-18(8-5-3-4-6-9(8)19-2)12-10(13)11(17-14)15-7-16-12/h3-7H,14H2,1-2H3,(H,15,16,17). The van der Waals surface area contributed by atoms with Crippen molar-refractivity contribution in [2.45, 2.75) is 0 Å². The summed E-state index contributed by atoms with van der Waals surface area (Å²) in [5, 5.41) is 0. The van der Waals surface area contributed by atoms with Gasteiger partial charge in [0.2, 0.25) is 0 Å². The highest BCUT2D eigenvalue weighted by molar-refractivity contribution is 9.10. The lowest BCUT2D eigenvalue weighted by molar-refractivity contribution is 0.415. The molecule has 0 aliphatic heterocycles. The van der Waals surface area contributed by atoms with E-state index in [1.165, 1.54) is 6.33 Å². The zero-order valence-electron chi connectivity index (χ0n) is 10.6. The maximum atomic E-state index is 5.40. The molecule has 100 valence electrons. The topological polar surface area (TPSA) is 76.3 Å². The Morgan fingerprint density at radius 1 is 1.32 bits per heavy atom. The van der Waals surface area contributed by atoms with E-state index in [4.69, 9.17) is 10.6 Å². The molecule has 19 heavy (non-hydrogen) atoms. The predicted octanol–water partition coefficient (Wildman–Crippen LogP) is 2.30. The van der Waals surface area contributed by atoms with Gasteiger partial charge in [-0.1, -0.05) is 12.1 Å². The van der Waals surface area contributed by atoms with Crippen molar-refractivity contribution in [1.29, 1.82) is 0 Å². The molecule has 1 aromatic heterocycles. The Morgan fingerprint density at radius 3 is 2.74 bits per heavy atom. The highest BCUT2D eigenvalue weighted by Gasteiger charge is 2.16. The third-order valence-electron chi connectivity index (χ3n) is 2.67. The molecule has 0 bridgehead atoms. The molecule has 0 atom stereocenters. The molecule has 0 saturated carbocycles. The zero-order valence-corrected chi connectivity index (χ0v) is 12.2. The second-order valence-electron chi connectivity index (χ2n) is 3.74. The Hall–Kier alpha value is -1.86. The van der Waals surface area contributed by atoms with Gasteiger partial charge in [-0.25, -0.2) is 15.8 Å². The predicted molar refractivity (Wildman–Crippen MR) is 78.6 cm³/mol. The number of nitrogen functional groups attached to an aromatic ring is 1. The number of hydrogen-bond donors (Lipinski definition) is 2. The van der Waals surface area contributed by atoms with Gasteiger partial charge in [-0.15, -0.1) is 0 Å². The van der Waals surface area contributed by atoms with Crippen LogP contribution in [-0.4, -0.2) is 24.1 Å². The van der Waals surface area contributed by atoms with Gasteiger partial charge < -0.3 is 15.1 Å². The Balaban J connectivity index is 2.47. The first-order valence-corrected chi connectivity index (χ1v) is 6.32. The number of nitrogens with zero attached hydrogens (tertiary/aromatic N) is 3. The molecule has 2 aromatic rings. The fourth-order valence-corrected chi connectivity index (χ4v) is 2.30. The first kappa shape index (κ1) is 13.6. The van der Waals surface area contributed by atoms with Crippen LogP contribution in [0.3, 0.4) is 0 Å². The molecule has 0 saturated heterocycles. The Labute approximate surface area is 119 Å². The minimum Gasteiger partial charge on any atom is -0.495 e. The van der Waals surface area contributed by atoms with Crippen LogP contribution in [0.5, 0.6) is 5.75 Å². The smallest absolute Gasteiger partial charge is 0.159 e. The van der Waals surface area contributed by atoms with Crippen LogP contribution in [0.1, 0.15) is 0 Å². The van der Waals surface area contributed by atoms with Crippen LogP contribution >= 0.6 is 15.9 Å². The lowest BCUT2D eigenvalue weighted by Crippen LogP contribution is -2.16. The van der Waals surface area contributed by atoms with E-state index in [1.807, 2.05) is 36.2 Å². The Bertz CT molecular complexity index is 578. The van der Waals surface area contributed by atoms with E-state index in [9.17, 15) is 0 Å². The summed E-state index contributed by atoms with van der Waals surface area (Å²) < 4.78 is 6.03. The fourth-order valence-electron chi connectivity index (χ4n) is 1.72. The van der Waals surface area contributed by atoms with Gasteiger partial charge in [-0.05, 0) is 28.1 Å². The minimum absolute atomic E-state index is 0.520. The van der Waals surface area contributed by atoms with E-state index in [-0.39, 0.29) is 0 Å². The molecular weight excluding hydrogens is 310 g/mol. The average Bonchev–Trinajstić information content (AvgIpc) is 2.46. The molecule has 0 unspecified atom stereocenters. The molecule has 1 aromatic carbocycles. The lowest BCUT2D eigenvalue weighted by Gasteiger charge is -2.22. The molecule has 0 radical (unpaired) electrons. The third-order valence-corrected chi connectivity index (χ3v) is 3.40. The lowest BCUT2D eigenvalue weighted by atomic mass is 10.2. The number of benzene rings is 1. The summed E-state index contributed by atoms with van der Waals surface area (Å²) in [6.45, 7) is 0. The number of para-hydroxylation sites is 2. The van der Waals surface area contributed by atoms with Crippen LogP contribution in [0.25, 0.3) is 0 Å². The number of anilines is 3. The van der Waals surface area contributed by atoms with Crippen molar-refractivity contribution in [3.05, 3.63) is 35.1 Å². The van der Waals surface area contributed by atoms with Crippen LogP contribution in [0.15, 0.2) is 35.1 Å². The first-order valence-electron chi connectivity index (χ1n) is 5.53. The highest BCUT2D eigenvalue weighted by Crippen LogP contribution is 2.36. The molecule has 0 aliphatic carbocycles. The Morgan fingerprint density at radius 2 is 2.05 bits per heavy atom. The third kappa shape index (κ3) is 2.61. The van der Waals surface area contributed by atoms with Crippen LogP contribution in [0.2, 0.25) is 0 Å². The summed E-state index contributed by atoms with van der Waals surface area (Å²) in [7, 11) is 3.53. The number of hydrogen-bond acceptors (Lipinski definition) is 6. The van der Waals surface area contributed by atoms with E-state index in [0.717, 1.165) is 11.4 Å². The SMILES string of the molecule is COc1ccccc1N(C)c1ncnc(NN)c1Br. The summed E-state index contributed by atoms with van der Waals surface area (Å²) in [6, 6.07) is 7.69. The van der Waals surface area contributed by atoms with Crippen molar-refractivity contribution in [2.24, 2.45) is 5.84 Å². The summed E-state index contributed by atoms with van der Waals surface area (Å²) in [4.78, 5) is 10.2. The average molecular weight is 324 g/mol. The van der Waals surface area contributed by atoms with Gasteiger partial charge in [0, 0.05) is 7.05 Å². The van der Waals surface area contributed by atoms with Crippen LogP contribution in [0, 0.1) is 0 Å². The van der Waals surface area contributed by atoms with Crippen molar-refractivity contribution in [3.8, 4) is 5.75 Å². The van der Waals surface area contributed by atoms with Gasteiger partial charge in [0.05, 0.1) is 12.8 Å². The first-order chi connectivity index (χ1) is 9.19. The van der Waals surface area contributed by atoms with Crippen LogP contribution in [-0.2, 0) is 0 Å². The molecule has 0 amide bonds. The van der Waals surface area contributed by atoms with Crippen molar-refractivity contribution >= 4 is 33.3 Å². The molecule has 7 heteroatoms. The molecule has 0 fully saturated rings. The van der Waals surface area contributed by atoms with E-state index in [2.05, 4.69) is 31.3 Å². The van der Waals surface area contributed by atoms with Gasteiger partial charge in [0.25, 0.3) is 0 Å². The maximum absolute atomic E-state index is 5.40. The van der Waals surface area contributed by atoms with Crippen molar-refractivity contribution < 1.29 is 4.74 Å². The van der Waals surface area contributed by atoms with Crippen molar-refractivity contribution in [3.63, 3.8) is 0 Å². The molecular formula is C12H14BrN5O. The number of nitrogens with two attached hydrogens (primary N) is 1. The van der Waals surface area contributed by atoms with Gasteiger partial charge in [0.1, 0.15) is 16.5 Å². The van der Waals surface area contributed by atoms with Crippen LogP contribution in [0.4, 0.5) is 17.3 Å². The molecule has 6 nitrogen and oxygen atoms in total. The van der Waals surface area contributed by atoms with E-state index in [0.29, 0.717) is 16.1 Å². The van der Waals surface area contributed by atoms with Crippen molar-refractivity contribution in [1.82, 2.24) is 9.97 Å². The second-order valence-corrected chi connectivity index (χ2v) is 4.53. The molecule has 1 heterocycles. The monoisotopic (exact) mass is 323 g/mol. The number of ether oxygens (including phenoxy) is 1. The summed E-state index contributed by atoms with van der Waals surface area (Å²) in [5.41, 5.74) is 3.41. The number of hydrazine groups is 1. The number of aromatic nitrogens is 2. The van der Waals surface area contributed by atoms with Crippen LogP contribution < -0.4 is 20.9 Å². The number of halogens is 1. The van der Waals surface area contributed by atoms with Gasteiger partial charge in [0.15, 0.2) is 11.6 Å². The molecule has 3 N–H and O–H groups in total. The summed E-state index contributed by atoms with van der Waals surface area (Å²) in [6.07, 6.45) is 1.45. The fraction of sp³-hybridized carbons (Fsp3) is 0.167. The largest absolute Gasteiger partial charge is 0.495 e. The minimum atomic E-state index is 0.520.